The fourth-order valence-electron chi connectivity index (χ4n) is 1.37. The summed E-state index contributed by atoms with van der Waals surface area (Å²) in [7, 11) is 0. The van der Waals surface area contributed by atoms with E-state index in [2.05, 4.69) is 10.3 Å². The second-order valence-electron chi connectivity index (χ2n) is 3.41. The van der Waals surface area contributed by atoms with E-state index in [4.69, 9.17) is 5.11 Å². The molecule has 0 radical (unpaired) electrons. The van der Waals surface area contributed by atoms with Gasteiger partial charge >= 0.3 is 0 Å². The molecule has 2 aromatic rings. The van der Waals surface area contributed by atoms with Gasteiger partial charge in [0.15, 0.2) is 0 Å². The van der Waals surface area contributed by atoms with Crippen molar-refractivity contribution >= 4 is 5.69 Å². The van der Waals surface area contributed by atoms with Crippen molar-refractivity contribution in [2.24, 2.45) is 0 Å². The first kappa shape index (κ1) is 10.3. The van der Waals surface area contributed by atoms with Gasteiger partial charge < -0.3 is 15.5 Å². The summed E-state index contributed by atoms with van der Waals surface area (Å²) >= 11 is 0. The van der Waals surface area contributed by atoms with E-state index in [1.807, 2.05) is 12.1 Å². The summed E-state index contributed by atoms with van der Waals surface area (Å²) in [4.78, 5) is 3.97. The lowest BCUT2D eigenvalue weighted by molar-refractivity contribution is 0.446. The van der Waals surface area contributed by atoms with Crippen molar-refractivity contribution in [3.05, 3.63) is 48.3 Å². The Kier molecular flexibility index (Phi) is 2.91. The minimum Gasteiger partial charge on any atom is -0.508 e. The van der Waals surface area contributed by atoms with Crippen molar-refractivity contribution in [1.29, 1.82) is 0 Å². The second-order valence-corrected chi connectivity index (χ2v) is 3.41. The highest BCUT2D eigenvalue weighted by Crippen LogP contribution is 2.23. The molecular weight excluding hydrogens is 204 g/mol. The molecule has 4 heteroatoms. The number of hydrogen-bond acceptors (Lipinski definition) is 4. The SMILES string of the molecule is Oc1ccc(CNc2cccnc2)c(O)c1. The topological polar surface area (TPSA) is 65.4 Å². The molecule has 0 atom stereocenters. The lowest BCUT2D eigenvalue weighted by Gasteiger charge is -2.07. The number of nitrogens with one attached hydrogen (secondary N) is 1. The Labute approximate surface area is 93.2 Å². The van der Waals surface area contributed by atoms with Crippen LogP contribution in [0.5, 0.6) is 11.5 Å². The molecule has 4 nitrogen and oxygen atoms in total. The van der Waals surface area contributed by atoms with E-state index in [0.717, 1.165) is 11.3 Å². The van der Waals surface area contributed by atoms with Gasteiger partial charge in [0.1, 0.15) is 11.5 Å². The van der Waals surface area contributed by atoms with E-state index in [-0.39, 0.29) is 11.5 Å². The lowest BCUT2D eigenvalue weighted by Crippen LogP contribution is -1.99. The largest absolute Gasteiger partial charge is 0.508 e. The summed E-state index contributed by atoms with van der Waals surface area (Å²) < 4.78 is 0. The minimum absolute atomic E-state index is 0.0580. The fourth-order valence-corrected chi connectivity index (χ4v) is 1.37. The number of phenolic OH excluding ortho intramolecular Hbond substituents is 2. The van der Waals surface area contributed by atoms with Gasteiger partial charge in [-0.05, 0) is 24.3 Å². The molecule has 0 saturated carbocycles. The number of hydrogen-bond donors (Lipinski definition) is 3. The zero-order chi connectivity index (χ0) is 11.4. The fraction of sp³-hybridized carbons (Fsp3) is 0.0833. The third kappa shape index (κ3) is 2.42. The van der Waals surface area contributed by atoms with Crippen LogP contribution in [0.25, 0.3) is 0 Å². The Bertz CT molecular complexity index is 472. The third-order valence-electron chi connectivity index (χ3n) is 2.21. The van der Waals surface area contributed by atoms with E-state index >= 15 is 0 Å². The number of aromatic hydroxyl groups is 2. The van der Waals surface area contributed by atoms with Crippen LogP contribution in [0.15, 0.2) is 42.7 Å². The van der Waals surface area contributed by atoms with Gasteiger partial charge in [-0.1, -0.05) is 0 Å². The maximum Gasteiger partial charge on any atom is 0.124 e. The summed E-state index contributed by atoms with van der Waals surface area (Å²) in [6, 6.07) is 8.26. The standard InChI is InChI=1S/C12H12N2O2/c15-11-4-3-9(12(16)6-11)7-14-10-2-1-5-13-8-10/h1-6,8,14-16H,7H2. The summed E-state index contributed by atoms with van der Waals surface area (Å²) in [5.41, 5.74) is 1.61. The molecule has 0 aliphatic rings. The van der Waals surface area contributed by atoms with Gasteiger partial charge in [-0.2, -0.15) is 0 Å². The van der Waals surface area contributed by atoms with Crippen LogP contribution in [0.1, 0.15) is 5.56 Å². The molecule has 1 aromatic carbocycles. The molecule has 16 heavy (non-hydrogen) atoms. The Morgan fingerprint density at radius 3 is 2.75 bits per heavy atom. The average Bonchev–Trinajstić information content (AvgIpc) is 2.29. The molecular formula is C12H12N2O2. The normalized spacial score (nSPS) is 10.0. The molecule has 0 spiro atoms. The second kappa shape index (κ2) is 4.53. The van der Waals surface area contributed by atoms with Crippen molar-refractivity contribution in [2.75, 3.05) is 5.32 Å². The highest BCUT2D eigenvalue weighted by molar-refractivity contribution is 5.44. The highest BCUT2D eigenvalue weighted by Gasteiger charge is 2.01. The quantitative estimate of drug-likeness (QED) is 0.735. The summed E-state index contributed by atoms with van der Waals surface area (Å²) in [6.07, 6.45) is 3.40. The van der Waals surface area contributed by atoms with Gasteiger partial charge in [-0.15, -0.1) is 0 Å². The van der Waals surface area contributed by atoms with E-state index in [9.17, 15) is 5.11 Å². The van der Waals surface area contributed by atoms with Crippen LogP contribution in [0.4, 0.5) is 5.69 Å². The molecule has 3 N–H and O–H groups in total. The lowest BCUT2D eigenvalue weighted by atomic mass is 10.2. The molecule has 0 fully saturated rings. The Balaban J connectivity index is 2.05. The molecule has 1 heterocycles. The van der Waals surface area contributed by atoms with Gasteiger partial charge in [0.25, 0.3) is 0 Å². The van der Waals surface area contributed by atoms with Crippen molar-refractivity contribution in [1.82, 2.24) is 4.98 Å². The zero-order valence-electron chi connectivity index (χ0n) is 8.59. The van der Waals surface area contributed by atoms with Crippen LogP contribution in [-0.2, 0) is 6.54 Å². The minimum atomic E-state index is 0.0580. The molecule has 82 valence electrons. The van der Waals surface area contributed by atoms with Gasteiger partial charge in [0.2, 0.25) is 0 Å². The molecule has 1 aromatic heterocycles. The van der Waals surface area contributed by atoms with E-state index < -0.39 is 0 Å². The van der Waals surface area contributed by atoms with E-state index in [1.165, 1.54) is 6.07 Å². The molecule has 0 unspecified atom stereocenters. The predicted molar refractivity (Wildman–Crippen MR) is 61.3 cm³/mol. The molecule has 0 aliphatic heterocycles. The van der Waals surface area contributed by atoms with Crippen molar-refractivity contribution in [2.45, 2.75) is 6.54 Å². The number of anilines is 1. The number of pyridine rings is 1. The van der Waals surface area contributed by atoms with E-state index in [0.29, 0.717) is 6.54 Å². The summed E-state index contributed by atoms with van der Waals surface area (Å²) in [6.45, 7) is 0.484. The molecule has 0 saturated heterocycles. The van der Waals surface area contributed by atoms with Gasteiger partial charge in [-0.3, -0.25) is 4.98 Å². The van der Waals surface area contributed by atoms with Crippen LogP contribution < -0.4 is 5.32 Å². The van der Waals surface area contributed by atoms with Crippen LogP contribution in [0.2, 0.25) is 0 Å². The first-order chi connectivity index (χ1) is 7.75. The van der Waals surface area contributed by atoms with Crippen LogP contribution in [0, 0.1) is 0 Å². The molecule has 2 rings (SSSR count). The third-order valence-corrected chi connectivity index (χ3v) is 2.21. The van der Waals surface area contributed by atoms with Crippen LogP contribution in [0.3, 0.4) is 0 Å². The van der Waals surface area contributed by atoms with Crippen molar-refractivity contribution < 1.29 is 10.2 Å². The molecule has 0 bridgehead atoms. The van der Waals surface area contributed by atoms with Gasteiger partial charge in [0, 0.05) is 30.6 Å². The Hall–Kier alpha value is -2.23. The summed E-state index contributed by atoms with van der Waals surface area (Å²) in [5.74, 6) is 0.138. The number of nitrogens with zero attached hydrogens (tertiary/aromatic N) is 1. The average molecular weight is 216 g/mol. The van der Waals surface area contributed by atoms with Gasteiger partial charge in [0.05, 0.1) is 5.69 Å². The van der Waals surface area contributed by atoms with Crippen LogP contribution in [-0.4, -0.2) is 15.2 Å². The Morgan fingerprint density at radius 2 is 2.06 bits per heavy atom. The first-order valence-electron chi connectivity index (χ1n) is 4.90. The van der Waals surface area contributed by atoms with E-state index in [1.54, 1.807) is 24.5 Å². The zero-order valence-corrected chi connectivity index (χ0v) is 8.59. The van der Waals surface area contributed by atoms with Crippen molar-refractivity contribution in [3.8, 4) is 11.5 Å². The smallest absolute Gasteiger partial charge is 0.124 e. The number of phenols is 2. The van der Waals surface area contributed by atoms with Crippen molar-refractivity contribution in [3.63, 3.8) is 0 Å². The summed E-state index contributed by atoms with van der Waals surface area (Å²) in [5, 5.41) is 21.8. The Morgan fingerprint density at radius 1 is 1.19 bits per heavy atom. The van der Waals surface area contributed by atoms with Crippen LogP contribution >= 0.6 is 0 Å². The first-order valence-corrected chi connectivity index (χ1v) is 4.90. The monoisotopic (exact) mass is 216 g/mol. The predicted octanol–water partition coefficient (Wildman–Crippen LogP) is 2.10. The molecule has 0 aliphatic carbocycles. The number of rotatable bonds is 3. The highest BCUT2D eigenvalue weighted by atomic mass is 16.3. The maximum atomic E-state index is 9.55. The van der Waals surface area contributed by atoms with Gasteiger partial charge in [-0.25, -0.2) is 0 Å². The number of benzene rings is 1. The number of aromatic nitrogens is 1. The molecule has 0 amide bonds. The maximum absolute atomic E-state index is 9.55.